The van der Waals surface area contributed by atoms with E-state index in [0.717, 1.165) is 61.3 Å². The Morgan fingerprint density at radius 3 is 2.45 bits per heavy atom. The molecule has 164 valence electrons. The molecule has 0 bridgehead atoms. The lowest BCUT2D eigenvalue weighted by atomic mass is 10.2. The van der Waals surface area contributed by atoms with E-state index in [0.29, 0.717) is 5.69 Å². The number of hydrogen-bond donors (Lipinski definition) is 1. The molecule has 0 saturated carbocycles. The quantitative estimate of drug-likeness (QED) is 0.611. The van der Waals surface area contributed by atoms with Crippen molar-refractivity contribution in [3.8, 4) is 11.5 Å². The molecule has 1 fully saturated rings. The van der Waals surface area contributed by atoms with E-state index < -0.39 is 11.7 Å². The molecule has 1 aliphatic rings. The molecule has 3 heterocycles. The first kappa shape index (κ1) is 21.5. The van der Waals surface area contributed by atoms with Gasteiger partial charge in [-0.15, -0.1) is 11.3 Å². The van der Waals surface area contributed by atoms with Gasteiger partial charge in [0.25, 0.3) is 0 Å². The van der Waals surface area contributed by atoms with Crippen LogP contribution in [0.25, 0.3) is 11.5 Å². The zero-order chi connectivity index (χ0) is 21.8. The van der Waals surface area contributed by atoms with E-state index >= 15 is 0 Å². The Balaban J connectivity index is 1.21. The molecule has 1 aromatic carbocycles. The number of amides is 1. The van der Waals surface area contributed by atoms with Crippen molar-refractivity contribution in [1.29, 1.82) is 0 Å². The predicted octanol–water partition coefficient (Wildman–Crippen LogP) is 4.18. The first-order valence-electron chi connectivity index (χ1n) is 9.77. The molecule has 1 N–H and O–H groups in total. The van der Waals surface area contributed by atoms with Crippen LogP contribution in [-0.2, 0) is 17.5 Å². The maximum Gasteiger partial charge on any atom is 0.416 e. The highest BCUT2D eigenvalue weighted by Gasteiger charge is 2.30. The molecular formula is C21H21F3N4O2S. The minimum absolute atomic E-state index is 0.203. The van der Waals surface area contributed by atoms with Gasteiger partial charge in [-0.05, 0) is 36.4 Å². The number of hydrogen-bond acceptors (Lipinski definition) is 6. The molecule has 0 unspecified atom stereocenters. The number of halogens is 3. The van der Waals surface area contributed by atoms with Crippen molar-refractivity contribution in [3.05, 3.63) is 58.6 Å². The fraction of sp³-hybridized carbons (Fsp3) is 0.333. The molecule has 31 heavy (non-hydrogen) atoms. The van der Waals surface area contributed by atoms with Crippen LogP contribution >= 0.6 is 11.3 Å². The van der Waals surface area contributed by atoms with Gasteiger partial charge in [0.2, 0.25) is 5.91 Å². The summed E-state index contributed by atoms with van der Waals surface area (Å²) in [5, 5.41) is 5.65. The summed E-state index contributed by atoms with van der Waals surface area (Å²) in [6, 6.07) is 8.18. The van der Waals surface area contributed by atoms with Crippen molar-refractivity contribution in [3.63, 3.8) is 0 Å². The fourth-order valence-electron chi connectivity index (χ4n) is 3.36. The largest absolute Gasteiger partial charge is 0.463 e. The average molecular weight is 450 g/mol. The summed E-state index contributed by atoms with van der Waals surface area (Å²) < 4.78 is 43.2. The van der Waals surface area contributed by atoms with Crippen molar-refractivity contribution in [2.75, 3.05) is 38.0 Å². The van der Waals surface area contributed by atoms with Gasteiger partial charge in [-0.2, -0.15) is 13.2 Å². The van der Waals surface area contributed by atoms with Crippen LogP contribution in [-0.4, -0.2) is 53.4 Å². The molecule has 4 rings (SSSR count). The second-order valence-corrected chi connectivity index (χ2v) is 8.22. The van der Waals surface area contributed by atoms with Crippen LogP contribution in [0.4, 0.5) is 18.9 Å². The van der Waals surface area contributed by atoms with Gasteiger partial charge in [0.15, 0.2) is 5.76 Å². The third-order valence-electron chi connectivity index (χ3n) is 5.01. The van der Waals surface area contributed by atoms with Gasteiger partial charge in [-0.1, -0.05) is 0 Å². The lowest BCUT2D eigenvalue weighted by Gasteiger charge is -2.33. The highest BCUT2D eigenvalue weighted by molar-refractivity contribution is 7.09. The average Bonchev–Trinajstić information content (AvgIpc) is 3.41. The maximum atomic E-state index is 12.6. The van der Waals surface area contributed by atoms with Gasteiger partial charge in [-0.3, -0.25) is 14.6 Å². The van der Waals surface area contributed by atoms with E-state index in [1.165, 1.54) is 12.1 Å². The molecule has 2 aromatic heterocycles. The predicted molar refractivity (Wildman–Crippen MR) is 112 cm³/mol. The highest BCUT2D eigenvalue weighted by atomic mass is 32.1. The molecule has 1 aliphatic heterocycles. The molecule has 1 saturated heterocycles. The Labute approximate surface area is 181 Å². The Morgan fingerprint density at radius 2 is 1.81 bits per heavy atom. The summed E-state index contributed by atoms with van der Waals surface area (Å²) in [5.41, 5.74) is 0.453. The number of benzene rings is 1. The van der Waals surface area contributed by atoms with Gasteiger partial charge in [0, 0.05) is 37.2 Å². The van der Waals surface area contributed by atoms with Crippen molar-refractivity contribution in [2.45, 2.75) is 12.7 Å². The van der Waals surface area contributed by atoms with E-state index in [1.54, 1.807) is 17.6 Å². The first-order valence-corrected chi connectivity index (χ1v) is 10.6. The number of aromatic nitrogens is 1. The van der Waals surface area contributed by atoms with E-state index in [1.807, 2.05) is 22.4 Å². The Bertz CT molecular complexity index is 995. The molecule has 0 aliphatic carbocycles. The summed E-state index contributed by atoms with van der Waals surface area (Å²) >= 11 is 1.60. The number of furan rings is 1. The van der Waals surface area contributed by atoms with E-state index in [4.69, 9.17) is 4.42 Å². The number of nitrogens with one attached hydrogen (secondary N) is 1. The SMILES string of the molecule is O=C(CN1CCN(Cc2nc(-c3ccco3)cs2)CC1)Nc1ccc(C(F)(F)F)cc1. The normalized spacial score (nSPS) is 15.8. The van der Waals surface area contributed by atoms with Gasteiger partial charge in [0.05, 0.1) is 24.9 Å². The lowest BCUT2D eigenvalue weighted by Crippen LogP contribution is -2.48. The van der Waals surface area contributed by atoms with Crippen LogP contribution in [0.2, 0.25) is 0 Å². The van der Waals surface area contributed by atoms with E-state index in [-0.39, 0.29) is 12.5 Å². The first-order chi connectivity index (χ1) is 14.9. The Hall–Kier alpha value is -2.69. The summed E-state index contributed by atoms with van der Waals surface area (Å²) in [6.45, 7) is 4.03. The van der Waals surface area contributed by atoms with Gasteiger partial charge in [-0.25, -0.2) is 4.98 Å². The number of alkyl halides is 3. The van der Waals surface area contributed by atoms with Crippen molar-refractivity contribution >= 4 is 22.9 Å². The second kappa shape index (κ2) is 9.21. The van der Waals surface area contributed by atoms with Crippen LogP contribution in [0.15, 0.2) is 52.5 Å². The minimum atomic E-state index is -4.39. The topological polar surface area (TPSA) is 61.6 Å². The summed E-state index contributed by atoms with van der Waals surface area (Å²) in [7, 11) is 0. The molecule has 0 radical (unpaired) electrons. The zero-order valence-corrected chi connectivity index (χ0v) is 17.4. The van der Waals surface area contributed by atoms with Gasteiger partial charge >= 0.3 is 6.18 Å². The Morgan fingerprint density at radius 1 is 1.10 bits per heavy atom. The van der Waals surface area contributed by atoms with Gasteiger partial charge in [0.1, 0.15) is 10.7 Å². The molecule has 10 heteroatoms. The smallest absolute Gasteiger partial charge is 0.416 e. The maximum absolute atomic E-state index is 12.6. The standard InChI is InChI=1S/C21H21F3N4O2S/c22-21(23,24)15-3-5-16(6-4-15)25-19(29)12-27-7-9-28(10-8-27)13-20-26-17(14-31-20)18-2-1-11-30-18/h1-6,11,14H,7-10,12-13H2,(H,25,29). The van der Waals surface area contributed by atoms with E-state index in [9.17, 15) is 18.0 Å². The molecule has 6 nitrogen and oxygen atoms in total. The second-order valence-electron chi connectivity index (χ2n) is 7.28. The van der Waals surface area contributed by atoms with Crippen molar-refractivity contribution < 1.29 is 22.4 Å². The third kappa shape index (κ3) is 5.72. The number of nitrogens with zero attached hydrogens (tertiary/aromatic N) is 3. The molecule has 1 amide bonds. The number of anilines is 1. The van der Waals surface area contributed by atoms with Crippen LogP contribution in [0.3, 0.4) is 0 Å². The monoisotopic (exact) mass is 450 g/mol. The van der Waals surface area contributed by atoms with Gasteiger partial charge < -0.3 is 9.73 Å². The summed E-state index contributed by atoms with van der Waals surface area (Å²) in [5.74, 6) is 0.516. The minimum Gasteiger partial charge on any atom is -0.463 e. The zero-order valence-electron chi connectivity index (χ0n) is 16.6. The molecular weight excluding hydrogens is 429 g/mol. The molecule has 0 spiro atoms. The number of thiazole rings is 1. The Kier molecular flexibility index (Phi) is 6.40. The number of carbonyl (C=O) groups is 1. The lowest BCUT2D eigenvalue weighted by molar-refractivity contribution is -0.137. The van der Waals surface area contributed by atoms with Crippen molar-refractivity contribution in [1.82, 2.24) is 14.8 Å². The number of rotatable bonds is 6. The fourth-order valence-corrected chi connectivity index (χ4v) is 4.19. The summed E-state index contributed by atoms with van der Waals surface area (Å²) in [4.78, 5) is 21.2. The third-order valence-corrected chi connectivity index (χ3v) is 5.85. The van der Waals surface area contributed by atoms with Crippen LogP contribution in [0.1, 0.15) is 10.6 Å². The van der Waals surface area contributed by atoms with Crippen molar-refractivity contribution in [2.24, 2.45) is 0 Å². The number of piperazine rings is 1. The molecule has 0 atom stereocenters. The van der Waals surface area contributed by atoms with Crippen LogP contribution in [0.5, 0.6) is 0 Å². The summed E-state index contributed by atoms with van der Waals surface area (Å²) in [6.07, 6.45) is -2.76. The molecule has 3 aromatic rings. The van der Waals surface area contributed by atoms with Crippen LogP contribution in [0, 0.1) is 0 Å². The highest BCUT2D eigenvalue weighted by Crippen LogP contribution is 2.29. The van der Waals surface area contributed by atoms with E-state index in [2.05, 4.69) is 15.2 Å². The number of carbonyl (C=O) groups excluding carboxylic acids is 1. The van der Waals surface area contributed by atoms with Crippen LogP contribution < -0.4 is 5.32 Å².